The van der Waals surface area contributed by atoms with Gasteiger partial charge in [0.15, 0.2) is 0 Å². The molecule has 3 heteroatoms. The Kier molecular flexibility index (Phi) is 4.75. The molecule has 1 heterocycles. The lowest BCUT2D eigenvalue weighted by Crippen LogP contribution is -2.40. The molecule has 1 atom stereocenters. The monoisotopic (exact) mass is 249 g/mol. The van der Waals surface area contributed by atoms with Gasteiger partial charge in [0.1, 0.15) is 0 Å². The fourth-order valence-corrected chi connectivity index (χ4v) is 2.92. The zero-order valence-corrected chi connectivity index (χ0v) is 10.8. The van der Waals surface area contributed by atoms with Crippen molar-refractivity contribution >= 4 is 0 Å². The molecule has 0 aromatic heterocycles. The average Bonchev–Trinajstić information content (AvgIpc) is 2.47. The third kappa shape index (κ3) is 3.10. The van der Waals surface area contributed by atoms with Crippen LogP contribution in [0.1, 0.15) is 30.7 Å². The molecule has 0 amide bonds. The molecule has 1 unspecified atom stereocenters. The summed E-state index contributed by atoms with van der Waals surface area (Å²) >= 11 is 0. The highest BCUT2D eigenvalue weighted by atomic mass is 16.3. The second-order valence-corrected chi connectivity index (χ2v) is 5.40. The van der Waals surface area contributed by atoms with Crippen LogP contribution >= 0.6 is 0 Å². The SMILES string of the molecule is OCC(CC1(CO)CCNCC1)c1ccccc1. The van der Waals surface area contributed by atoms with Crippen LogP contribution in [0.5, 0.6) is 0 Å². The minimum absolute atomic E-state index is 0.0194. The minimum Gasteiger partial charge on any atom is -0.396 e. The first-order valence-electron chi connectivity index (χ1n) is 6.77. The van der Waals surface area contributed by atoms with E-state index in [0.717, 1.165) is 32.4 Å². The molecule has 1 saturated heterocycles. The van der Waals surface area contributed by atoms with Gasteiger partial charge in [0.2, 0.25) is 0 Å². The molecule has 1 fully saturated rings. The van der Waals surface area contributed by atoms with Crippen molar-refractivity contribution in [2.75, 3.05) is 26.3 Å². The van der Waals surface area contributed by atoms with Crippen LogP contribution in [0.15, 0.2) is 30.3 Å². The molecular weight excluding hydrogens is 226 g/mol. The Morgan fingerprint density at radius 3 is 2.33 bits per heavy atom. The number of hydrogen-bond acceptors (Lipinski definition) is 3. The van der Waals surface area contributed by atoms with Crippen LogP contribution in [0.3, 0.4) is 0 Å². The molecule has 0 spiro atoms. The van der Waals surface area contributed by atoms with Crippen molar-refractivity contribution in [3.8, 4) is 0 Å². The number of nitrogens with one attached hydrogen (secondary N) is 1. The molecule has 0 bridgehead atoms. The van der Waals surface area contributed by atoms with Gasteiger partial charge in [-0.15, -0.1) is 0 Å². The Morgan fingerprint density at radius 2 is 1.78 bits per heavy atom. The number of aliphatic hydroxyl groups is 2. The summed E-state index contributed by atoms with van der Waals surface area (Å²) in [6.45, 7) is 2.30. The Balaban J connectivity index is 2.09. The van der Waals surface area contributed by atoms with E-state index >= 15 is 0 Å². The second kappa shape index (κ2) is 6.32. The average molecular weight is 249 g/mol. The van der Waals surface area contributed by atoms with Crippen LogP contribution < -0.4 is 5.32 Å². The number of piperidine rings is 1. The van der Waals surface area contributed by atoms with Crippen molar-refractivity contribution in [3.05, 3.63) is 35.9 Å². The Hall–Kier alpha value is -0.900. The predicted octanol–water partition coefficient (Wildman–Crippen LogP) is 1.51. The zero-order valence-electron chi connectivity index (χ0n) is 10.8. The molecule has 3 nitrogen and oxygen atoms in total. The van der Waals surface area contributed by atoms with Gasteiger partial charge in [-0.25, -0.2) is 0 Å². The van der Waals surface area contributed by atoms with E-state index in [-0.39, 0.29) is 24.5 Å². The first kappa shape index (κ1) is 13.5. The van der Waals surface area contributed by atoms with Crippen molar-refractivity contribution in [2.45, 2.75) is 25.2 Å². The maximum Gasteiger partial charge on any atom is 0.0499 e. The van der Waals surface area contributed by atoms with Crippen molar-refractivity contribution in [2.24, 2.45) is 5.41 Å². The summed E-state index contributed by atoms with van der Waals surface area (Å²) in [7, 11) is 0. The molecular formula is C15H23NO2. The van der Waals surface area contributed by atoms with E-state index in [9.17, 15) is 10.2 Å². The van der Waals surface area contributed by atoms with E-state index in [1.165, 1.54) is 5.56 Å². The lowest BCUT2D eigenvalue weighted by Gasteiger charge is -2.38. The maximum atomic E-state index is 9.72. The molecule has 3 N–H and O–H groups in total. The molecule has 0 saturated carbocycles. The van der Waals surface area contributed by atoms with E-state index < -0.39 is 0 Å². The van der Waals surface area contributed by atoms with Crippen molar-refractivity contribution < 1.29 is 10.2 Å². The standard InChI is InChI=1S/C15H23NO2/c17-11-14(13-4-2-1-3-5-13)10-15(12-18)6-8-16-9-7-15/h1-5,14,16-18H,6-12H2. The van der Waals surface area contributed by atoms with Gasteiger partial charge in [0.05, 0.1) is 0 Å². The van der Waals surface area contributed by atoms with Crippen LogP contribution in [0.25, 0.3) is 0 Å². The Morgan fingerprint density at radius 1 is 1.11 bits per heavy atom. The summed E-state index contributed by atoms with van der Waals surface area (Å²) in [6.07, 6.45) is 2.85. The van der Waals surface area contributed by atoms with Gasteiger partial charge in [0, 0.05) is 19.1 Å². The van der Waals surface area contributed by atoms with E-state index in [0.29, 0.717) is 0 Å². The van der Waals surface area contributed by atoms with Gasteiger partial charge in [-0.3, -0.25) is 0 Å². The third-order valence-corrected chi connectivity index (χ3v) is 4.17. The molecule has 1 aliphatic heterocycles. The van der Waals surface area contributed by atoms with Gasteiger partial charge in [-0.2, -0.15) is 0 Å². The first-order valence-corrected chi connectivity index (χ1v) is 6.77. The number of aliphatic hydroxyl groups excluding tert-OH is 2. The summed E-state index contributed by atoms with van der Waals surface area (Å²) in [5.74, 6) is 0.136. The van der Waals surface area contributed by atoms with Crippen molar-refractivity contribution in [3.63, 3.8) is 0 Å². The molecule has 1 aromatic rings. The van der Waals surface area contributed by atoms with Crippen LogP contribution in [0.2, 0.25) is 0 Å². The van der Waals surface area contributed by atoms with Gasteiger partial charge in [0.25, 0.3) is 0 Å². The van der Waals surface area contributed by atoms with Gasteiger partial charge < -0.3 is 15.5 Å². The van der Waals surface area contributed by atoms with Gasteiger partial charge >= 0.3 is 0 Å². The Labute approximate surface area is 109 Å². The van der Waals surface area contributed by atoms with Gasteiger partial charge in [-0.05, 0) is 43.3 Å². The topological polar surface area (TPSA) is 52.5 Å². The van der Waals surface area contributed by atoms with Crippen molar-refractivity contribution in [1.82, 2.24) is 5.32 Å². The number of hydrogen-bond donors (Lipinski definition) is 3. The molecule has 1 aromatic carbocycles. The van der Waals surface area contributed by atoms with Crippen LogP contribution in [-0.2, 0) is 0 Å². The van der Waals surface area contributed by atoms with E-state index in [2.05, 4.69) is 17.4 Å². The van der Waals surface area contributed by atoms with Gasteiger partial charge in [-0.1, -0.05) is 30.3 Å². The quantitative estimate of drug-likeness (QED) is 0.741. The summed E-state index contributed by atoms with van der Waals surface area (Å²) in [5, 5.41) is 22.7. The van der Waals surface area contributed by atoms with Crippen LogP contribution in [0.4, 0.5) is 0 Å². The number of benzene rings is 1. The largest absolute Gasteiger partial charge is 0.396 e. The zero-order chi connectivity index (χ0) is 12.8. The highest BCUT2D eigenvalue weighted by Gasteiger charge is 2.34. The molecule has 1 aliphatic rings. The van der Waals surface area contributed by atoms with Crippen LogP contribution in [-0.4, -0.2) is 36.5 Å². The summed E-state index contributed by atoms with van der Waals surface area (Å²) < 4.78 is 0. The molecule has 0 aliphatic carbocycles. The highest BCUT2D eigenvalue weighted by molar-refractivity contribution is 5.20. The molecule has 0 radical (unpaired) electrons. The fourth-order valence-electron chi connectivity index (χ4n) is 2.92. The van der Waals surface area contributed by atoms with Crippen LogP contribution in [0, 0.1) is 5.41 Å². The normalized spacial score (nSPS) is 20.6. The fraction of sp³-hybridized carbons (Fsp3) is 0.600. The van der Waals surface area contributed by atoms with E-state index in [4.69, 9.17) is 0 Å². The lowest BCUT2D eigenvalue weighted by molar-refractivity contribution is 0.0644. The van der Waals surface area contributed by atoms with Crippen molar-refractivity contribution in [1.29, 1.82) is 0 Å². The minimum atomic E-state index is -0.0194. The van der Waals surface area contributed by atoms with E-state index in [1.807, 2.05) is 18.2 Å². The number of rotatable bonds is 5. The highest BCUT2D eigenvalue weighted by Crippen LogP contribution is 2.38. The smallest absolute Gasteiger partial charge is 0.0499 e. The summed E-state index contributed by atoms with van der Waals surface area (Å²) in [4.78, 5) is 0. The van der Waals surface area contributed by atoms with E-state index in [1.54, 1.807) is 0 Å². The summed E-state index contributed by atoms with van der Waals surface area (Å²) in [5.41, 5.74) is 1.15. The Bertz CT molecular complexity index is 347. The lowest BCUT2D eigenvalue weighted by atomic mass is 9.72. The summed E-state index contributed by atoms with van der Waals surface area (Å²) in [6, 6.07) is 10.1. The second-order valence-electron chi connectivity index (χ2n) is 5.40. The molecule has 2 rings (SSSR count). The first-order chi connectivity index (χ1) is 8.79. The third-order valence-electron chi connectivity index (χ3n) is 4.17. The molecule has 100 valence electrons. The predicted molar refractivity (Wildman–Crippen MR) is 72.5 cm³/mol. The molecule has 18 heavy (non-hydrogen) atoms. The maximum absolute atomic E-state index is 9.72.